The molecule has 0 radical (unpaired) electrons. The van der Waals surface area contributed by atoms with Crippen LogP contribution in [-0.2, 0) is 4.79 Å². The summed E-state index contributed by atoms with van der Waals surface area (Å²) >= 11 is 3.27. The molecule has 2 nitrogen and oxygen atoms in total. The normalized spacial score (nSPS) is 10.4. The van der Waals surface area contributed by atoms with Crippen molar-refractivity contribution < 1.29 is 4.79 Å². The van der Waals surface area contributed by atoms with E-state index in [0.717, 1.165) is 5.69 Å². The van der Waals surface area contributed by atoms with Crippen LogP contribution in [0, 0.1) is 13.8 Å². The van der Waals surface area contributed by atoms with Gasteiger partial charge in [-0.3, -0.25) is 4.79 Å². The van der Waals surface area contributed by atoms with Crippen LogP contribution in [0.15, 0.2) is 52.3 Å². The molecule has 0 aliphatic rings. The van der Waals surface area contributed by atoms with Crippen LogP contribution in [0.2, 0.25) is 0 Å². The molecule has 110 valence electrons. The van der Waals surface area contributed by atoms with Crippen molar-refractivity contribution in [3.63, 3.8) is 0 Å². The zero-order valence-corrected chi connectivity index (χ0v) is 14.1. The Labute approximate surface area is 134 Å². The molecule has 0 fully saturated rings. The molecule has 0 unspecified atom stereocenters. The molecule has 0 bridgehead atoms. The number of carbonyl (C=O) groups excluding carboxylic acids is 1. The Bertz CT molecular complexity index is 623. The number of benzene rings is 2. The second kappa shape index (κ2) is 7.57. The highest BCUT2D eigenvalue weighted by atomic mass is 32.2. The molecule has 2 aromatic rings. The third-order valence-corrected chi connectivity index (χ3v) is 4.98. The third kappa shape index (κ3) is 4.83. The molecule has 2 aromatic carbocycles. The van der Waals surface area contributed by atoms with Gasteiger partial charge in [-0.25, -0.2) is 0 Å². The number of rotatable bonds is 5. The zero-order chi connectivity index (χ0) is 15.2. The summed E-state index contributed by atoms with van der Waals surface area (Å²) in [7, 11) is 0. The van der Waals surface area contributed by atoms with E-state index in [1.165, 1.54) is 20.9 Å². The van der Waals surface area contributed by atoms with Crippen molar-refractivity contribution in [1.82, 2.24) is 0 Å². The van der Waals surface area contributed by atoms with Crippen LogP contribution in [-0.4, -0.2) is 17.9 Å². The van der Waals surface area contributed by atoms with E-state index < -0.39 is 0 Å². The topological polar surface area (TPSA) is 29.1 Å². The van der Waals surface area contributed by atoms with Crippen LogP contribution in [0.1, 0.15) is 11.1 Å². The molecule has 0 atom stereocenters. The number of hydrogen-bond donors (Lipinski definition) is 1. The van der Waals surface area contributed by atoms with Crippen LogP contribution in [0.4, 0.5) is 5.69 Å². The van der Waals surface area contributed by atoms with Crippen molar-refractivity contribution in [1.29, 1.82) is 0 Å². The Morgan fingerprint density at radius 2 is 1.81 bits per heavy atom. The van der Waals surface area contributed by atoms with E-state index in [0.29, 0.717) is 5.75 Å². The summed E-state index contributed by atoms with van der Waals surface area (Å²) < 4.78 is 0. The summed E-state index contributed by atoms with van der Waals surface area (Å²) in [5.41, 5.74) is 3.28. The molecule has 21 heavy (non-hydrogen) atoms. The SMILES string of the molecule is CSc1ccc(NC(=O)CSc2cc(C)ccc2C)cc1. The molecule has 0 aliphatic carbocycles. The monoisotopic (exact) mass is 317 g/mol. The van der Waals surface area contributed by atoms with Crippen molar-refractivity contribution >= 4 is 35.1 Å². The first-order chi connectivity index (χ1) is 10.1. The lowest BCUT2D eigenvalue weighted by atomic mass is 10.2. The Morgan fingerprint density at radius 3 is 2.48 bits per heavy atom. The summed E-state index contributed by atoms with van der Waals surface area (Å²) in [6, 6.07) is 14.2. The molecule has 1 N–H and O–H groups in total. The van der Waals surface area contributed by atoms with Gasteiger partial charge in [0.25, 0.3) is 0 Å². The van der Waals surface area contributed by atoms with Gasteiger partial charge < -0.3 is 5.32 Å². The zero-order valence-electron chi connectivity index (χ0n) is 12.5. The summed E-state index contributed by atoms with van der Waals surface area (Å²) in [5, 5.41) is 2.93. The van der Waals surface area contributed by atoms with Gasteiger partial charge in [0.05, 0.1) is 5.75 Å². The number of thioether (sulfide) groups is 2. The predicted octanol–water partition coefficient (Wildman–Crippen LogP) is 4.76. The number of aryl methyl sites for hydroxylation is 2. The average Bonchev–Trinajstić information content (AvgIpc) is 2.49. The van der Waals surface area contributed by atoms with E-state index in [2.05, 4.69) is 37.4 Å². The summed E-state index contributed by atoms with van der Waals surface area (Å²) in [4.78, 5) is 14.4. The molecule has 0 spiro atoms. The Hall–Kier alpha value is -1.39. The minimum Gasteiger partial charge on any atom is -0.325 e. The van der Waals surface area contributed by atoms with Gasteiger partial charge in [0.2, 0.25) is 5.91 Å². The molecular weight excluding hydrogens is 298 g/mol. The fourth-order valence-electron chi connectivity index (χ4n) is 1.88. The first kappa shape index (κ1) is 16.0. The molecule has 4 heteroatoms. The van der Waals surface area contributed by atoms with E-state index in [1.54, 1.807) is 23.5 Å². The van der Waals surface area contributed by atoms with E-state index in [4.69, 9.17) is 0 Å². The van der Waals surface area contributed by atoms with Crippen LogP contribution in [0.3, 0.4) is 0 Å². The van der Waals surface area contributed by atoms with Gasteiger partial charge in [-0.2, -0.15) is 0 Å². The number of amides is 1. The van der Waals surface area contributed by atoms with Gasteiger partial charge in [-0.05, 0) is 56.0 Å². The van der Waals surface area contributed by atoms with E-state index in [-0.39, 0.29) is 5.91 Å². The number of hydrogen-bond acceptors (Lipinski definition) is 3. The maximum Gasteiger partial charge on any atom is 0.234 e. The minimum atomic E-state index is 0.0257. The highest BCUT2D eigenvalue weighted by Crippen LogP contribution is 2.24. The van der Waals surface area contributed by atoms with Gasteiger partial charge in [0.1, 0.15) is 0 Å². The van der Waals surface area contributed by atoms with Crippen LogP contribution >= 0.6 is 23.5 Å². The second-order valence-corrected chi connectivity index (χ2v) is 6.73. The molecular formula is C17H19NOS2. The van der Waals surface area contributed by atoms with Gasteiger partial charge in [-0.1, -0.05) is 17.7 Å². The second-order valence-electron chi connectivity index (χ2n) is 4.83. The lowest BCUT2D eigenvalue weighted by Gasteiger charge is -2.08. The number of anilines is 1. The van der Waals surface area contributed by atoms with E-state index in [1.807, 2.05) is 30.5 Å². The highest BCUT2D eigenvalue weighted by molar-refractivity contribution is 8.00. The lowest BCUT2D eigenvalue weighted by Crippen LogP contribution is -2.13. The molecule has 0 saturated heterocycles. The predicted molar refractivity (Wildman–Crippen MR) is 93.5 cm³/mol. The maximum atomic E-state index is 12.0. The smallest absolute Gasteiger partial charge is 0.234 e. The minimum absolute atomic E-state index is 0.0257. The third-order valence-electron chi connectivity index (χ3n) is 3.08. The first-order valence-electron chi connectivity index (χ1n) is 6.72. The van der Waals surface area contributed by atoms with Gasteiger partial charge in [0.15, 0.2) is 0 Å². The average molecular weight is 317 g/mol. The molecule has 1 amide bonds. The fourth-order valence-corrected chi connectivity index (χ4v) is 3.21. The first-order valence-corrected chi connectivity index (χ1v) is 8.93. The van der Waals surface area contributed by atoms with Crippen molar-refractivity contribution in [3.8, 4) is 0 Å². The largest absolute Gasteiger partial charge is 0.325 e. The lowest BCUT2D eigenvalue weighted by molar-refractivity contribution is -0.113. The quantitative estimate of drug-likeness (QED) is 0.806. The van der Waals surface area contributed by atoms with Crippen molar-refractivity contribution in [2.24, 2.45) is 0 Å². The molecule has 0 heterocycles. The molecule has 2 rings (SSSR count). The molecule has 0 saturated carbocycles. The number of nitrogens with one attached hydrogen (secondary N) is 1. The van der Waals surface area contributed by atoms with Crippen molar-refractivity contribution in [3.05, 3.63) is 53.6 Å². The van der Waals surface area contributed by atoms with E-state index in [9.17, 15) is 4.79 Å². The Morgan fingerprint density at radius 1 is 1.10 bits per heavy atom. The Kier molecular flexibility index (Phi) is 5.76. The molecule has 0 aliphatic heterocycles. The highest BCUT2D eigenvalue weighted by Gasteiger charge is 2.06. The van der Waals surface area contributed by atoms with Crippen LogP contribution in [0.5, 0.6) is 0 Å². The van der Waals surface area contributed by atoms with Crippen LogP contribution in [0.25, 0.3) is 0 Å². The summed E-state index contributed by atoms with van der Waals surface area (Å²) in [5.74, 6) is 0.451. The molecule has 0 aromatic heterocycles. The summed E-state index contributed by atoms with van der Waals surface area (Å²) in [6.45, 7) is 4.14. The van der Waals surface area contributed by atoms with Gasteiger partial charge >= 0.3 is 0 Å². The summed E-state index contributed by atoms with van der Waals surface area (Å²) in [6.07, 6.45) is 2.04. The standard InChI is InChI=1S/C17H19NOS2/c1-12-4-5-13(2)16(10-12)21-11-17(19)18-14-6-8-15(20-3)9-7-14/h4-10H,11H2,1-3H3,(H,18,19). The van der Waals surface area contributed by atoms with Crippen molar-refractivity contribution in [2.75, 3.05) is 17.3 Å². The van der Waals surface area contributed by atoms with Gasteiger partial charge in [-0.15, -0.1) is 23.5 Å². The Balaban J connectivity index is 1.91. The van der Waals surface area contributed by atoms with E-state index >= 15 is 0 Å². The van der Waals surface area contributed by atoms with Crippen molar-refractivity contribution in [2.45, 2.75) is 23.6 Å². The van der Waals surface area contributed by atoms with Gasteiger partial charge in [0, 0.05) is 15.5 Å². The maximum absolute atomic E-state index is 12.0. The number of carbonyl (C=O) groups is 1. The van der Waals surface area contributed by atoms with Crippen LogP contribution < -0.4 is 5.32 Å². The fraction of sp³-hybridized carbons (Fsp3) is 0.235.